The topological polar surface area (TPSA) is 38.7 Å². The Hall–Kier alpha value is -0.743. The van der Waals surface area contributed by atoms with Gasteiger partial charge >= 0.3 is 0 Å². The molecule has 0 aromatic carbocycles. The van der Waals surface area contributed by atoms with E-state index in [4.69, 9.17) is 9.53 Å². The van der Waals surface area contributed by atoms with Gasteiger partial charge in [-0.3, -0.25) is 0 Å². The molecule has 0 saturated heterocycles. The van der Waals surface area contributed by atoms with E-state index in [-0.39, 0.29) is 6.79 Å². The Bertz CT molecular complexity index is 123. The lowest BCUT2D eigenvalue weighted by Crippen LogP contribution is -1.85. The summed E-state index contributed by atoms with van der Waals surface area (Å²) in [6.07, 6.45) is 0. The zero-order valence-corrected chi connectivity index (χ0v) is 9.39. The first-order chi connectivity index (χ1) is 5.04. The first kappa shape index (κ1) is 12.9. The molecule has 0 amide bonds. The van der Waals surface area contributed by atoms with E-state index < -0.39 is 0 Å². The monoisotopic (exact) mass is 176 g/mol. The molecule has 0 aromatic heterocycles. The summed E-state index contributed by atoms with van der Waals surface area (Å²) in [6, 6.07) is 0. The molecule has 0 saturated carbocycles. The van der Waals surface area contributed by atoms with Crippen molar-refractivity contribution in [3.63, 3.8) is 0 Å². The molecular formula is C7H16O3Si. The Labute approximate surface area is 70.9 Å². The number of aliphatic hydroxyl groups excluding tert-OH is 1. The van der Waals surface area contributed by atoms with Crippen LogP contribution in [0.15, 0.2) is 24.7 Å². The van der Waals surface area contributed by atoms with Crippen molar-refractivity contribution in [2.24, 2.45) is 0 Å². The molecule has 0 aliphatic carbocycles. The normalized spacial score (nSPS) is 7.55. The first-order valence-corrected chi connectivity index (χ1v) is 3.95. The fraction of sp³-hybridized carbons (Fsp3) is 0.429. The van der Waals surface area contributed by atoms with Crippen molar-refractivity contribution < 1.29 is 14.3 Å². The molecule has 0 unspecified atom stereocenters. The Morgan fingerprint density at radius 3 is 1.73 bits per heavy atom. The van der Waals surface area contributed by atoms with Crippen LogP contribution in [0.2, 0.25) is 0 Å². The maximum atomic E-state index is 7.95. The van der Waals surface area contributed by atoms with Crippen LogP contribution in [-0.2, 0) is 9.16 Å². The molecule has 0 aliphatic rings. The Morgan fingerprint density at radius 2 is 1.73 bits per heavy atom. The number of aliphatic hydroxyl groups is 1. The minimum atomic E-state index is -0.269. The van der Waals surface area contributed by atoms with Gasteiger partial charge < -0.3 is 14.3 Å². The lowest BCUT2D eigenvalue weighted by molar-refractivity contribution is 0.0438. The molecule has 0 aliphatic heterocycles. The van der Waals surface area contributed by atoms with Crippen LogP contribution in [0, 0.1) is 0 Å². The summed E-state index contributed by atoms with van der Waals surface area (Å²) in [5, 5.41) is 7.95. The Kier molecular flexibility index (Phi) is 10.8. The molecule has 0 spiro atoms. The van der Waals surface area contributed by atoms with E-state index >= 15 is 0 Å². The van der Waals surface area contributed by atoms with E-state index in [0.717, 1.165) is 16.2 Å². The summed E-state index contributed by atoms with van der Waals surface area (Å²) in [4.78, 5) is 0. The van der Waals surface area contributed by atoms with Gasteiger partial charge in [0, 0.05) is 0 Å². The van der Waals surface area contributed by atoms with Crippen molar-refractivity contribution in [1.29, 1.82) is 0 Å². The highest BCUT2D eigenvalue weighted by Crippen LogP contribution is 1.84. The standard InChI is InChI=1S/C4H8O2.C3H8OSi/c1-4(2)6-3-5;1-3(2)4-5/h5H,1,3H2,2H3;1H2,2,5H3. The van der Waals surface area contributed by atoms with Crippen LogP contribution < -0.4 is 0 Å². The molecule has 0 radical (unpaired) electrons. The summed E-state index contributed by atoms with van der Waals surface area (Å²) < 4.78 is 9.10. The quantitative estimate of drug-likeness (QED) is 0.382. The maximum absolute atomic E-state index is 7.95. The second-order valence-electron chi connectivity index (χ2n) is 1.88. The van der Waals surface area contributed by atoms with Gasteiger partial charge in [-0.25, -0.2) is 0 Å². The number of rotatable bonds is 3. The predicted octanol–water partition coefficient (Wildman–Crippen LogP) is 0.303. The minimum absolute atomic E-state index is 0.269. The third-order valence-electron chi connectivity index (χ3n) is 0.659. The zero-order valence-electron chi connectivity index (χ0n) is 7.39. The second kappa shape index (κ2) is 9.26. The lowest BCUT2D eigenvalue weighted by Gasteiger charge is -1.94. The average molecular weight is 176 g/mol. The van der Waals surface area contributed by atoms with Gasteiger partial charge in [-0.05, 0) is 13.8 Å². The molecule has 0 aromatic rings. The summed E-state index contributed by atoms with van der Waals surface area (Å²) in [5.41, 5.74) is 0. The van der Waals surface area contributed by atoms with Crippen LogP contribution in [0.25, 0.3) is 0 Å². The largest absolute Gasteiger partial charge is 0.557 e. The molecule has 0 fully saturated rings. The van der Waals surface area contributed by atoms with Crippen molar-refractivity contribution in [1.82, 2.24) is 0 Å². The molecule has 11 heavy (non-hydrogen) atoms. The van der Waals surface area contributed by atoms with Crippen LogP contribution in [0.3, 0.4) is 0 Å². The molecule has 1 N–H and O–H groups in total. The summed E-state index contributed by atoms with van der Waals surface area (Å²) in [7, 11) is 0.774. The van der Waals surface area contributed by atoms with Crippen LogP contribution in [0.4, 0.5) is 0 Å². The SMILES string of the molecule is C=C(C)OCO.C=C(C)O[SiH3]. The van der Waals surface area contributed by atoms with E-state index in [1.807, 2.05) is 6.92 Å². The molecule has 0 bridgehead atoms. The third kappa shape index (κ3) is 26.9. The second-order valence-corrected chi connectivity index (χ2v) is 2.29. The fourth-order valence-corrected chi connectivity index (χ4v) is 0.110. The predicted molar refractivity (Wildman–Crippen MR) is 48.8 cm³/mol. The number of hydrogen-bond donors (Lipinski definition) is 1. The molecule has 4 heteroatoms. The Balaban J connectivity index is 0. The van der Waals surface area contributed by atoms with E-state index in [1.165, 1.54) is 0 Å². The summed E-state index contributed by atoms with van der Waals surface area (Å²) in [6.45, 7) is 10.1. The number of allylic oxidation sites excluding steroid dienone is 2. The highest BCUT2D eigenvalue weighted by atomic mass is 28.2. The van der Waals surface area contributed by atoms with Crippen molar-refractivity contribution in [3.05, 3.63) is 24.7 Å². The van der Waals surface area contributed by atoms with E-state index in [1.54, 1.807) is 6.92 Å². The fourth-order valence-electron chi connectivity index (χ4n) is 0.110. The van der Waals surface area contributed by atoms with Gasteiger partial charge in [0.05, 0.1) is 11.5 Å². The molecular weight excluding hydrogens is 160 g/mol. The van der Waals surface area contributed by atoms with Crippen molar-refractivity contribution in [2.75, 3.05) is 6.79 Å². The van der Waals surface area contributed by atoms with Crippen molar-refractivity contribution >= 4 is 10.5 Å². The van der Waals surface area contributed by atoms with Crippen LogP contribution in [-0.4, -0.2) is 22.4 Å². The van der Waals surface area contributed by atoms with Crippen LogP contribution in [0.5, 0.6) is 0 Å². The van der Waals surface area contributed by atoms with E-state index in [2.05, 4.69) is 17.9 Å². The molecule has 3 nitrogen and oxygen atoms in total. The van der Waals surface area contributed by atoms with Crippen LogP contribution >= 0.6 is 0 Å². The Morgan fingerprint density at radius 1 is 1.36 bits per heavy atom. The third-order valence-corrected chi connectivity index (χ3v) is 1.36. The highest BCUT2D eigenvalue weighted by Gasteiger charge is 1.73. The van der Waals surface area contributed by atoms with Crippen LogP contribution in [0.1, 0.15) is 13.8 Å². The molecule has 0 atom stereocenters. The number of ether oxygens (including phenoxy) is 1. The zero-order chi connectivity index (χ0) is 9.28. The van der Waals surface area contributed by atoms with Gasteiger partial charge in [0.25, 0.3) is 0 Å². The van der Waals surface area contributed by atoms with Gasteiger partial charge in [0.15, 0.2) is 6.79 Å². The average Bonchev–Trinajstić information content (AvgIpc) is 1.89. The minimum Gasteiger partial charge on any atom is -0.557 e. The van der Waals surface area contributed by atoms with E-state index in [0.29, 0.717) is 5.76 Å². The van der Waals surface area contributed by atoms with Gasteiger partial charge in [-0.2, -0.15) is 0 Å². The van der Waals surface area contributed by atoms with Crippen molar-refractivity contribution in [2.45, 2.75) is 13.8 Å². The van der Waals surface area contributed by atoms with Gasteiger partial charge in [0.2, 0.25) is 10.5 Å². The number of hydrogen-bond acceptors (Lipinski definition) is 3. The van der Waals surface area contributed by atoms with Crippen molar-refractivity contribution in [3.8, 4) is 0 Å². The highest BCUT2D eigenvalue weighted by molar-refractivity contribution is 5.98. The van der Waals surface area contributed by atoms with E-state index in [9.17, 15) is 0 Å². The van der Waals surface area contributed by atoms with Gasteiger partial charge in [-0.15, -0.1) is 0 Å². The van der Waals surface area contributed by atoms with Gasteiger partial charge in [0.1, 0.15) is 0 Å². The summed E-state index contributed by atoms with van der Waals surface area (Å²) >= 11 is 0. The molecule has 0 heterocycles. The van der Waals surface area contributed by atoms with Gasteiger partial charge in [-0.1, -0.05) is 13.2 Å². The lowest BCUT2D eigenvalue weighted by atomic mass is 10.7. The molecule has 0 rings (SSSR count). The smallest absolute Gasteiger partial charge is 0.203 e. The summed E-state index contributed by atoms with van der Waals surface area (Å²) in [5.74, 6) is 1.36. The first-order valence-electron chi connectivity index (χ1n) is 3.13. The maximum Gasteiger partial charge on any atom is 0.203 e. The molecule has 66 valence electrons.